The summed E-state index contributed by atoms with van der Waals surface area (Å²) in [4.78, 5) is 0. The first-order valence-electron chi connectivity index (χ1n) is 13.4. The molecule has 0 aliphatic rings. The molecule has 0 aromatic rings. The molecule has 265 valence electrons. The summed E-state index contributed by atoms with van der Waals surface area (Å²) in [7, 11) is -25.5. The molecule has 0 aromatic heterocycles. The second-order valence-electron chi connectivity index (χ2n) is 11.1. The minimum Gasteiger partial charge on any atom is -0.439 e. The van der Waals surface area contributed by atoms with Crippen molar-refractivity contribution >= 4 is 175 Å². The summed E-state index contributed by atoms with van der Waals surface area (Å²) < 4.78 is 104. The predicted octanol–water partition coefficient (Wildman–Crippen LogP) is -10.3. The Kier molecular flexibility index (Phi) is 22.5. The zero-order valence-electron chi connectivity index (χ0n) is 29.3. The third-order valence-corrected chi connectivity index (χ3v) is 43.3. The molecule has 0 aliphatic carbocycles. The largest absolute Gasteiger partial charge is 0.653 e. The van der Waals surface area contributed by atoms with Crippen LogP contribution < -0.4 is 0 Å². The normalized spacial score (nSPS) is 20.4. The van der Waals surface area contributed by atoms with Crippen molar-refractivity contribution in [2.45, 2.75) is 58.9 Å². The molecular weight excluding hydrogens is 886 g/mol. The molecule has 35 heteroatoms. The molecule has 1 radical (unpaired) electrons. The molecule has 0 N–H and O–H groups in total. The Hall–Kier alpha value is 3.22. The smallest absolute Gasteiger partial charge is 0.439 e. The molecule has 0 aliphatic heterocycles. The summed E-state index contributed by atoms with van der Waals surface area (Å²) in [6.07, 6.45) is 0. The molecule has 0 saturated heterocycles. The van der Waals surface area contributed by atoms with Crippen molar-refractivity contribution in [3.05, 3.63) is 0 Å². The predicted molar refractivity (Wildman–Crippen MR) is 214 cm³/mol. The van der Waals surface area contributed by atoms with E-state index >= 15 is 0 Å². The van der Waals surface area contributed by atoms with Gasteiger partial charge >= 0.3 is 54.8 Å². The van der Waals surface area contributed by atoms with Gasteiger partial charge in [-0.2, -0.15) is 0 Å². The fraction of sp³-hybridized carbons (Fsp3) is 1.00. The van der Waals surface area contributed by atoms with E-state index in [1.807, 2.05) is 19.6 Å². The van der Waals surface area contributed by atoms with Gasteiger partial charge < -0.3 is 70.0 Å². The molecule has 0 spiro atoms. The molecule has 0 heterocycles. The Morgan fingerprint density at radius 1 is 0.500 bits per heavy atom. The van der Waals surface area contributed by atoms with Crippen molar-refractivity contribution in [3.8, 4) is 0 Å². The summed E-state index contributed by atoms with van der Waals surface area (Å²) in [5, 5.41) is 0. The highest BCUT2D eigenvalue weighted by molar-refractivity contribution is 6.90. The first-order chi connectivity index (χ1) is 20.1. The van der Waals surface area contributed by atoms with Gasteiger partial charge in [-0.15, -0.1) is 0 Å². The van der Waals surface area contributed by atoms with E-state index in [1.54, 1.807) is 0 Å². The quantitative estimate of drug-likeness (QED) is 0.0595. The number of hydrogen-bond acceptors (Lipinski definition) is 17. The summed E-state index contributed by atoms with van der Waals surface area (Å²) in [5.41, 5.74) is 0. The van der Waals surface area contributed by atoms with Crippen LogP contribution in [-0.2, 0) is 70.0 Å². The number of hydrogen-bond donors (Lipinski definition) is 0. The minimum atomic E-state index is -4.59. The van der Waals surface area contributed by atoms with E-state index in [1.165, 1.54) is 0 Å². The third kappa shape index (κ3) is 17.4. The summed E-state index contributed by atoms with van der Waals surface area (Å²) in [6, 6.07) is 0. The maximum Gasteiger partial charge on any atom is 0.653 e. The topological polar surface area (TPSA) is 157 Å². The fourth-order valence-electron chi connectivity index (χ4n) is 3.48. The molecule has 0 saturated carbocycles. The molecule has 17 nitrogen and oxygen atoms in total. The lowest BCUT2D eigenvalue weighted by Gasteiger charge is -2.44. The van der Waals surface area contributed by atoms with E-state index in [4.69, 9.17) is 70.0 Å². The average Bonchev–Trinajstić information content (AvgIpc) is 2.91. The van der Waals surface area contributed by atoms with E-state index in [9.17, 15) is 0 Å². The standard InChI is InChI=1S/C9H55O17Si18/c1-37(21-38(2,3)4)19-35-18-36-20-43(16-33,17-34)26-44(24-41(10-27,11-28)12-29,25-42(13-30,14-31)15-32)23-40(8,9)22-39(5,6)7/h35,37H,36H2,1-9,27-34H3. The molecule has 1 unspecified atom stereocenters. The van der Waals surface area contributed by atoms with Gasteiger partial charge in [0.25, 0.3) is 19.3 Å². The van der Waals surface area contributed by atoms with Gasteiger partial charge in [0, 0.05) is 0 Å². The first-order valence-corrected chi connectivity index (χ1v) is 40.3. The molecule has 0 fully saturated rings. The van der Waals surface area contributed by atoms with Gasteiger partial charge in [0.1, 0.15) is 83.9 Å². The second-order valence-corrected chi connectivity index (χ2v) is 49.6. The van der Waals surface area contributed by atoms with Crippen LogP contribution in [0.5, 0.6) is 0 Å². The molecule has 0 bridgehead atoms. The van der Waals surface area contributed by atoms with Crippen LogP contribution in [-0.4, -0.2) is 175 Å². The average molecular weight is 941 g/mol. The molecule has 44 heavy (non-hydrogen) atoms. The monoisotopic (exact) mass is 939 g/mol. The van der Waals surface area contributed by atoms with Gasteiger partial charge in [-0.1, -0.05) is 0 Å². The Labute approximate surface area is 301 Å². The minimum absolute atomic E-state index is 0.197. The Morgan fingerprint density at radius 3 is 1.23 bits per heavy atom. The third-order valence-electron chi connectivity index (χ3n) is 4.81. The molecule has 1 atom stereocenters. The summed E-state index contributed by atoms with van der Waals surface area (Å²) in [6.45, 7) is 18.3. The SMILES string of the molecule is C[SiH](O[SiH]O[SiH2]O[Si](O[SiH3])(O[SiH3])O[Si](O[Si](C)(C)O[Si](C)(C)C)(O[Si](O[SiH3])(O[SiH3])O[SiH3])O[Si](O[SiH3])(O[SiH3])O[SiH3])O[Si](C)(C)C. The maximum absolute atomic E-state index is 6.77. The van der Waals surface area contributed by atoms with Crippen LogP contribution in [0, 0.1) is 0 Å². The van der Waals surface area contributed by atoms with E-state index in [0.717, 1.165) is 0 Å². The van der Waals surface area contributed by atoms with Crippen LogP contribution in [0.1, 0.15) is 0 Å². The molecular formula is C9H55O17Si18. The molecule has 0 amide bonds. The van der Waals surface area contributed by atoms with Gasteiger partial charge in [-0.05, 0) is 58.9 Å². The van der Waals surface area contributed by atoms with E-state index in [0.29, 0.717) is 0 Å². The van der Waals surface area contributed by atoms with Gasteiger partial charge in [0.15, 0.2) is 16.6 Å². The van der Waals surface area contributed by atoms with Gasteiger partial charge in [-0.25, -0.2) is 0 Å². The highest BCUT2D eigenvalue weighted by atomic mass is 28.6. The highest BCUT2D eigenvalue weighted by Crippen LogP contribution is 2.32. The number of rotatable bonds is 26. The Balaban J connectivity index is 6.72. The maximum atomic E-state index is 6.77. The lowest BCUT2D eigenvalue weighted by atomic mass is 11.8. The van der Waals surface area contributed by atoms with Gasteiger partial charge in [0.05, 0.1) is 0 Å². The zero-order chi connectivity index (χ0) is 34.5. The van der Waals surface area contributed by atoms with Crippen LogP contribution in [0.3, 0.4) is 0 Å². The first kappa shape index (κ1) is 47.2. The molecule has 0 rings (SSSR count). The van der Waals surface area contributed by atoms with Crippen LogP contribution in [0.25, 0.3) is 0 Å². The van der Waals surface area contributed by atoms with E-state index in [-0.39, 0.29) is 83.9 Å². The van der Waals surface area contributed by atoms with E-state index < -0.39 is 90.7 Å². The highest BCUT2D eigenvalue weighted by Gasteiger charge is 2.69. The van der Waals surface area contributed by atoms with Crippen molar-refractivity contribution in [1.29, 1.82) is 0 Å². The molecule has 0 aromatic carbocycles. The Bertz CT molecular complexity index is 754. The zero-order valence-corrected chi connectivity index (χ0v) is 56.0. The van der Waals surface area contributed by atoms with Crippen molar-refractivity contribution < 1.29 is 70.0 Å². The lowest BCUT2D eigenvalue weighted by Crippen LogP contribution is -2.73. The van der Waals surface area contributed by atoms with Gasteiger partial charge in [-0.3, -0.25) is 0 Å². The van der Waals surface area contributed by atoms with Crippen molar-refractivity contribution in [3.63, 3.8) is 0 Å². The fourth-order valence-corrected chi connectivity index (χ4v) is 55.0. The second kappa shape index (κ2) is 20.9. The van der Waals surface area contributed by atoms with Crippen LogP contribution >= 0.6 is 0 Å². The van der Waals surface area contributed by atoms with Crippen molar-refractivity contribution in [2.24, 2.45) is 0 Å². The van der Waals surface area contributed by atoms with Crippen LogP contribution in [0.15, 0.2) is 0 Å². The van der Waals surface area contributed by atoms with Crippen LogP contribution in [0.4, 0.5) is 0 Å². The summed E-state index contributed by atoms with van der Waals surface area (Å²) in [5.74, 6) is 0. The van der Waals surface area contributed by atoms with Crippen molar-refractivity contribution in [1.82, 2.24) is 0 Å². The Morgan fingerprint density at radius 2 is 0.886 bits per heavy atom. The van der Waals surface area contributed by atoms with Crippen molar-refractivity contribution in [2.75, 3.05) is 0 Å². The lowest BCUT2D eigenvalue weighted by molar-refractivity contribution is 0.0124. The van der Waals surface area contributed by atoms with E-state index in [2.05, 4.69) is 39.3 Å². The van der Waals surface area contributed by atoms with Gasteiger partial charge in [0.2, 0.25) is 0 Å². The van der Waals surface area contributed by atoms with Crippen LogP contribution in [0.2, 0.25) is 58.9 Å². The summed E-state index contributed by atoms with van der Waals surface area (Å²) >= 11 is 0.